The molecule has 0 saturated carbocycles. The molecular weight excluding hydrogens is 425 g/mol. The lowest BCUT2D eigenvalue weighted by atomic mass is 10.0. The quantitative estimate of drug-likeness (QED) is 0.512. The van der Waals surface area contributed by atoms with Crippen LogP contribution in [0.5, 0.6) is 0 Å². The molecular formula is C19H14ClF3N4O3. The molecule has 7 nitrogen and oxygen atoms in total. The van der Waals surface area contributed by atoms with E-state index in [4.69, 9.17) is 16.1 Å². The highest BCUT2D eigenvalue weighted by molar-refractivity contribution is 6.30. The van der Waals surface area contributed by atoms with Gasteiger partial charge in [0, 0.05) is 16.3 Å². The Bertz CT molecular complexity index is 1060. The predicted octanol–water partition coefficient (Wildman–Crippen LogP) is 4.79. The van der Waals surface area contributed by atoms with Crippen molar-refractivity contribution in [2.45, 2.75) is 13.1 Å². The van der Waals surface area contributed by atoms with Gasteiger partial charge in [0.1, 0.15) is 5.56 Å². The van der Waals surface area contributed by atoms with E-state index >= 15 is 0 Å². The van der Waals surface area contributed by atoms with E-state index in [-0.39, 0.29) is 22.6 Å². The van der Waals surface area contributed by atoms with Crippen LogP contribution in [0.2, 0.25) is 5.02 Å². The highest BCUT2D eigenvalue weighted by Crippen LogP contribution is 2.32. The second-order valence-corrected chi connectivity index (χ2v) is 6.52. The monoisotopic (exact) mass is 438 g/mol. The standard InChI is InChI=1S/C19H14ClF3N4O3/c1-10-15(16(30-27-10)11-2-4-12(5-3-11)19(21,22)23)17(28)25-26-18(29)24-14-8-6-13(20)7-9-14/h2-9H,1H3,(H,25,28)(H2,24,26,29). The molecule has 0 aliphatic carbocycles. The van der Waals surface area contributed by atoms with Crippen LogP contribution in [-0.2, 0) is 6.18 Å². The average Bonchev–Trinajstić information content (AvgIpc) is 3.09. The summed E-state index contributed by atoms with van der Waals surface area (Å²) in [4.78, 5) is 24.4. The molecule has 30 heavy (non-hydrogen) atoms. The van der Waals surface area contributed by atoms with E-state index in [9.17, 15) is 22.8 Å². The Balaban J connectivity index is 1.70. The van der Waals surface area contributed by atoms with E-state index in [1.807, 2.05) is 0 Å². The molecule has 0 aliphatic heterocycles. The molecule has 1 heterocycles. The van der Waals surface area contributed by atoms with Gasteiger partial charge >= 0.3 is 12.2 Å². The van der Waals surface area contributed by atoms with E-state index < -0.39 is 23.7 Å². The lowest BCUT2D eigenvalue weighted by molar-refractivity contribution is -0.137. The number of amides is 3. The minimum Gasteiger partial charge on any atom is -0.355 e. The van der Waals surface area contributed by atoms with Gasteiger partial charge in [0.05, 0.1) is 11.3 Å². The van der Waals surface area contributed by atoms with Crippen molar-refractivity contribution in [3.05, 3.63) is 70.4 Å². The van der Waals surface area contributed by atoms with Gasteiger partial charge in [-0.15, -0.1) is 0 Å². The summed E-state index contributed by atoms with van der Waals surface area (Å²) in [5, 5.41) is 6.66. The summed E-state index contributed by atoms with van der Waals surface area (Å²) >= 11 is 5.76. The summed E-state index contributed by atoms with van der Waals surface area (Å²) in [6.45, 7) is 1.49. The van der Waals surface area contributed by atoms with Crippen LogP contribution >= 0.6 is 11.6 Å². The molecule has 3 N–H and O–H groups in total. The molecule has 1 aromatic heterocycles. The molecule has 0 saturated heterocycles. The van der Waals surface area contributed by atoms with Crippen LogP contribution in [0, 0.1) is 6.92 Å². The predicted molar refractivity (Wildman–Crippen MR) is 103 cm³/mol. The van der Waals surface area contributed by atoms with E-state index in [0.717, 1.165) is 12.1 Å². The molecule has 3 rings (SSSR count). The van der Waals surface area contributed by atoms with Crippen molar-refractivity contribution in [2.75, 3.05) is 5.32 Å². The Kier molecular flexibility index (Phi) is 5.97. The van der Waals surface area contributed by atoms with Gasteiger partial charge < -0.3 is 9.84 Å². The summed E-state index contributed by atoms with van der Waals surface area (Å²) in [5.74, 6) is -0.784. The summed E-state index contributed by atoms with van der Waals surface area (Å²) in [6.07, 6.45) is -4.49. The third-order valence-corrected chi connectivity index (χ3v) is 4.21. The first-order valence-corrected chi connectivity index (χ1v) is 8.80. The van der Waals surface area contributed by atoms with E-state index in [0.29, 0.717) is 10.7 Å². The summed E-state index contributed by atoms with van der Waals surface area (Å²) < 4.78 is 43.3. The van der Waals surface area contributed by atoms with Gasteiger partial charge in [-0.25, -0.2) is 10.2 Å². The minimum absolute atomic E-state index is 0.0263. The number of nitrogens with one attached hydrogen (secondary N) is 3. The Labute approximate surface area is 173 Å². The maximum atomic E-state index is 12.7. The fourth-order valence-electron chi connectivity index (χ4n) is 2.52. The van der Waals surface area contributed by atoms with E-state index in [1.165, 1.54) is 19.1 Å². The number of carbonyl (C=O) groups is 2. The van der Waals surface area contributed by atoms with Gasteiger partial charge in [0.25, 0.3) is 5.91 Å². The molecule has 0 fully saturated rings. The minimum atomic E-state index is -4.49. The Hall–Kier alpha value is -3.53. The average molecular weight is 439 g/mol. The number of nitrogens with zero attached hydrogens (tertiary/aromatic N) is 1. The molecule has 3 aromatic rings. The number of benzene rings is 2. The van der Waals surface area contributed by atoms with Crippen molar-refractivity contribution in [2.24, 2.45) is 0 Å². The SMILES string of the molecule is Cc1noc(-c2ccc(C(F)(F)F)cc2)c1C(=O)NNC(=O)Nc1ccc(Cl)cc1. The lowest BCUT2D eigenvalue weighted by Gasteiger charge is -2.10. The van der Waals surface area contributed by atoms with Gasteiger partial charge in [-0.2, -0.15) is 13.2 Å². The van der Waals surface area contributed by atoms with Crippen LogP contribution in [0.25, 0.3) is 11.3 Å². The van der Waals surface area contributed by atoms with Crippen molar-refractivity contribution < 1.29 is 27.3 Å². The van der Waals surface area contributed by atoms with Gasteiger partial charge in [-0.05, 0) is 43.3 Å². The summed E-state index contributed by atoms with van der Waals surface area (Å²) in [7, 11) is 0. The third-order valence-electron chi connectivity index (χ3n) is 3.96. The van der Waals surface area contributed by atoms with Crippen LogP contribution in [0.15, 0.2) is 53.1 Å². The van der Waals surface area contributed by atoms with Gasteiger partial charge in [0.2, 0.25) is 0 Å². The van der Waals surface area contributed by atoms with Gasteiger partial charge in [0.15, 0.2) is 5.76 Å². The normalized spacial score (nSPS) is 11.1. The highest BCUT2D eigenvalue weighted by atomic mass is 35.5. The first kappa shape index (κ1) is 21.2. The molecule has 0 radical (unpaired) electrons. The number of aromatic nitrogens is 1. The van der Waals surface area contributed by atoms with Crippen LogP contribution < -0.4 is 16.2 Å². The molecule has 0 bridgehead atoms. The van der Waals surface area contributed by atoms with Crippen LogP contribution in [0.1, 0.15) is 21.6 Å². The van der Waals surface area contributed by atoms with Crippen molar-refractivity contribution in [1.29, 1.82) is 0 Å². The largest absolute Gasteiger partial charge is 0.416 e. The van der Waals surface area contributed by atoms with Gasteiger partial charge in [-0.1, -0.05) is 28.9 Å². The number of urea groups is 1. The number of alkyl halides is 3. The number of carbonyl (C=O) groups excluding carboxylic acids is 2. The summed E-state index contributed by atoms with van der Waals surface area (Å²) in [6, 6.07) is 9.63. The van der Waals surface area contributed by atoms with Crippen molar-refractivity contribution in [1.82, 2.24) is 16.0 Å². The fraction of sp³-hybridized carbons (Fsp3) is 0.105. The second kappa shape index (κ2) is 8.46. The molecule has 11 heteroatoms. The van der Waals surface area contributed by atoms with Crippen molar-refractivity contribution in [3.63, 3.8) is 0 Å². The zero-order chi connectivity index (χ0) is 21.9. The molecule has 0 unspecified atom stereocenters. The van der Waals surface area contributed by atoms with Gasteiger partial charge in [-0.3, -0.25) is 10.2 Å². The molecule has 3 amide bonds. The Morgan fingerprint density at radius 1 is 1.00 bits per heavy atom. The first-order valence-electron chi connectivity index (χ1n) is 8.42. The van der Waals surface area contributed by atoms with Crippen molar-refractivity contribution >= 4 is 29.2 Å². The molecule has 0 spiro atoms. The number of halogens is 4. The third kappa shape index (κ3) is 4.90. The zero-order valence-corrected chi connectivity index (χ0v) is 16.1. The van der Waals surface area contributed by atoms with Crippen LogP contribution in [-0.4, -0.2) is 17.1 Å². The molecule has 0 atom stereocenters. The lowest BCUT2D eigenvalue weighted by Crippen LogP contribution is -2.44. The smallest absolute Gasteiger partial charge is 0.355 e. The number of hydrogen-bond donors (Lipinski definition) is 3. The number of rotatable bonds is 3. The number of anilines is 1. The summed E-state index contributed by atoms with van der Waals surface area (Å²) in [5.41, 5.74) is 4.36. The maximum Gasteiger partial charge on any atom is 0.416 e. The van der Waals surface area contributed by atoms with Crippen molar-refractivity contribution in [3.8, 4) is 11.3 Å². The topological polar surface area (TPSA) is 96.3 Å². The second-order valence-electron chi connectivity index (χ2n) is 6.09. The van der Waals surface area contributed by atoms with E-state index in [2.05, 4.69) is 21.3 Å². The van der Waals surface area contributed by atoms with Crippen LogP contribution in [0.4, 0.5) is 23.7 Å². The molecule has 156 valence electrons. The number of aryl methyl sites for hydroxylation is 1. The zero-order valence-electron chi connectivity index (χ0n) is 15.3. The molecule has 0 aliphatic rings. The fourth-order valence-corrected chi connectivity index (χ4v) is 2.64. The Morgan fingerprint density at radius 3 is 2.23 bits per heavy atom. The Morgan fingerprint density at radius 2 is 1.63 bits per heavy atom. The number of hydrogen-bond acceptors (Lipinski definition) is 4. The number of hydrazine groups is 1. The maximum absolute atomic E-state index is 12.7. The first-order chi connectivity index (χ1) is 14.1. The highest BCUT2D eigenvalue weighted by Gasteiger charge is 2.30. The molecule has 2 aromatic carbocycles. The van der Waals surface area contributed by atoms with Crippen LogP contribution in [0.3, 0.4) is 0 Å². The van der Waals surface area contributed by atoms with E-state index in [1.54, 1.807) is 24.3 Å².